The summed E-state index contributed by atoms with van der Waals surface area (Å²) in [5.74, 6) is -1.11. The number of hydrogen-bond acceptors (Lipinski definition) is 3. The number of urea groups is 1. The average Bonchev–Trinajstić information content (AvgIpc) is 2.33. The molecule has 0 aromatic carbocycles. The second-order valence-corrected chi connectivity index (χ2v) is 4.87. The molecule has 6 heteroatoms. The maximum absolute atomic E-state index is 11.5. The van der Waals surface area contributed by atoms with Crippen LogP contribution in [0.3, 0.4) is 0 Å². The van der Waals surface area contributed by atoms with Gasteiger partial charge in [-0.2, -0.15) is 0 Å². The van der Waals surface area contributed by atoms with Crippen molar-refractivity contribution in [3.63, 3.8) is 0 Å². The first kappa shape index (κ1) is 17.7. The van der Waals surface area contributed by atoms with Crippen LogP contribution in [-0.2, 0) is 9.53 Å². The van der Waals surface area contributed by atoms with Crippen LogP contribution in [0.2, 0.25) is 0 Å². The first-order valence-corrected chi connectivity index (χ1v) is 6.77. The minimum atomic E-state index is -1.01. The Bertz CT molecular complexity index is 282. The molecule has 1 unspecified atom stereocenters. The summed E-state index contributed by atoms with van der Waals surface area (Å²) in [7, 11) is 0. The third-order valence-corrected chi connectivity index (χ3v) is 2.82. The molecule has 0 aliphatic rings. The lowest BCUT2D eigenvalue weighted by Gasteiger charge is -2.20. The van der Waals surface area contributed by atoms with Gasteiger partial charge < -0.3 is 20.5 Å². The second-order valence-electron chi connectivity index (χ2n) is 4.87. The van der Waals surface area contributed by atoms with Gasteiger partial charge in [0.1, 0.15) is 6.04 Å². The van der Waals surface area contributed by atoms with Crippen molar-refractivity contribution in [3.8, 4) is 0 Å². The fourth-order valence-corrected chi connectivity index (χ4v) is 1.47. The van der Waals surface area contributed by atoms with Gasteiger partial charge in [-0.3, -0.25) is 0 Å². The third-order valence-electron chi connectivity index (χ3n) is 2.82. The molecule has 0 fully saturated rings. The third kappa shape index (κ3) is 8.42. The topological polar surface area (TPSA) is 87.7 Å². The van der Waals surface area contributed by atoms with Crippen LogP contribution in [0.4, 0.5) is 4.79 Å². The molecule has 2 atom stereocenters. The number of rotatable bonds is 9. The molecule has 0 radical (unpaired) electrons. The van der Waals surface area contributed by atoms with Crippen LogP contribution in [-0.4, -0.2) is 42.4 Å². The van der Waals surface area contributed by atoms with E-state index in [1.165, 1.54) is 0 Å². The molecule has 3 N–H and O–H groups in total. The van der Waals surface area contributed by atoms with Gasteiger partial charge in [0.2, 0.25) is 0 Å². The van der Waals surface area contributed by atoms with Gasteiger partial charge in [-0.25, -0.2) is 9.59 Å². The van der Waals surface area contributed by atoms with Crippen molar-refractivity contribution in [2.45, 2.75) is 52.7 Å². The van der Waals surface area contributed by atoms with Crippen LogP contribution in [0.15, 0.2) is 0 Å². The molecule has 0 aromatic heterocycles. The van der Waals surface area contributed by atoms with Crippen molar-refractivity contribution in [3.05, 3.63) is 0 Å². The molecular formula is C13H26N2O4. The summed E-state index contributed by atoms with van der Waals surface area (Å²) in [5, 5.41) is 14.1. The number of ether oxygens (including phenoxy) is 1. The average molecular weight is 274 g/mol. The Kier molecular flexibility index (Phi) is 8.95. The largest absolute Gasteiger partial charge is 0.480 e. The summed E-state index contributed by atoms with van der Waals surface area (Å²) in [6.07, 6.45) is 1.57. The minimum Gasteiger partial charge on any atom is -0.480 e. The zero-order chi connectivity index (χ0) is 14.8. The van der Waals surface area contributed by atoms with Crippen LogP contribution in [0, 0.1) is 5.92 Å². The second kappa shape index (κ2) is 9.61. The molecule has 0 bridgehead atoms. The number of aliphatic carboxylic acids is 1. The predicted octanol–water partition coefficient (Wildman–Crippen LogP) is 1.60. The maximum Gasteiger partial charge on any atom is 0.326 e. The van der Waals surface area contributed by atoms with Gasteiger partial charge in [0.15, 0.2) is 0 Å². The highest BCUT2D eigenvalue weighted by Crippen LogP contribution is 2.07. The van der Waals surface area contributed by atoms with Gasteiger partial charge in [-0.05, 0) is 26.2 Å². The Morgan fingerprint density at radius 2 is 1.89 bits per heavy atom. The van der Waals surface area contributed by atoms with E-state index in [-0.39, 0.29) is 12.0 Å². The maximum atomic E-state index is 11.5. The van der Waals surface area contributed by atoms with E-state index in [4.69, 9.17) is 9.84 Å². The van der Waals surface area contributed by atoms with E-state index in [1.807, 2.05) is 20.8 Å². The van der Waals surface area contributed by atoms with E-state index in [0.29, 0.717) is 26.0 Å². The van der Waals surface area contributed by atoms with Crippen LogP contribution < -0.4 is 10.6 Å². The standard InChI is InChI=1S/C13H26N2O4/c1-5-10(4)11(12(16)17)15-13(18)14-7-6-8-19-9(2)3/h9-11H,5-8H2,1-4H3,(H,16,17)(H2,14,15,18)/t10?,11-/m0/s1. The van der Waals surface area contributed by atoms with Crippen molar-refractivity contribution >= 4 is 12.0 Å². The van der Waals surface area contributed by atoms with Crippen molar-refractivity contribution < 1.29 is 19.4 Å². The summed E-state index contributed by atoms with van der Waals surface area (Å²) < 4.78 is 5.33. The summed E-state index contributed by atoms with van der Waals surface area (Å²) in [6.45, 7) is 8.63. The molecule has 6 nitrogen and oxygen atoms in total. The fraction of sp³-hybridized carbons (Fsp3) is 0.846. The Hall–Kier alpha value is -1.30. The lowest BCUT2D eigenvalue weighted by atomic mass is 9.99. The van der Waals surface area contributed by atoms with E-state index < -0.39 is 18.0 Å². The Morgan fingerprint density at radius 1 is 1.26 bits per heavy atom. The molecule has 0 aromatic rings. The number of carbonyl (C=O) groups excluding carboxylic acids is 1. The molecule has 0 saturated carbocycles. The van der Waals surface area contributed by atoms with E-state index in [0.717, 1.165) is 0 Å². The Labute approximate surface area is 114 Å². The summed E-state index contributed by atoms with van der Waals surface area (Å²) in [6, 6.07) is -1.30. The summed E-state index contributed by atoms with van der Waals surface area (Å²) in [5.41, 5.74) is 0. The first-order valence-electron chi connectivity index (χ1n) is 6.77. The highest BCUT2D eigenvalue weighted by molar-refractivity contribution is 5.82. The van der Waals surface area contributed by atoms with Gasteiger partial charge in [0.05, 0.1) is 6.10 Å². The van der Waals surface area contributed by atoms with Crippen molar-refractivity contribution in [2.75, 3.05) is 13.2 Å². The highest BCUT2D eigenvalue weighted by atomic mass is 16.5. The number of amides is 2. The molecule has 19 heavy (non-hydrogen) atoms. The van der Waals surface area contributed by atoms with Crippen molar-refractivity contribution in [1.82, 2.24) is 10.6 Å². The lowest BCUT2D eigenvalue weighted by Crippen LogP contribution is -2.49. The molecule has 2 amide bonds. The smallest absolute Gasteiger partial charge is 0.326 e. The van der Waals surface area contributed by atoms with Gasteiger partial charge in [-0.15, -0.1) is 0 Å². The van der Waals surface area contributed by atoms with E-state index in [2.05, 4.69) is 10.6 Å². The number of carboxylic acids is 1. The predicted molar refractivity (Wildman–Crippen MR) is 73.1 cm³/mol. The first-order chi connectivity index (χ1) is 8.88. The van der Waals surface area contributed by atoms with Gasteiger partial charge in [0.25, 0.3) is 0 Å². The van der Waals surface area contributed by atoms with Crippen LogP contribution in [0.1, 0.15) is 40.5 Å². The number of hydrogen-bond donors (Lipinski definition) is 3. The van der Waals surface area contributed by atoms with Crippen LogP contribution in [0.5, 0.6) is 0 Å². The summed E-state index contributed by atoms with van der Waals surface area (Å²) in [4.78, 5) is 22.6. The Balaban J connectivity index is 3.91. The van der Waals surface area contributed by atoms with Crippen LogP contribution in [0.25, 0.3) is 0 Å². The minimum absolute atomic E-state index is 0.104. The number of carbonyl (C=O) groups is 2. The molecule has 0 aliphatic carbocycles. The quantitative estimate of drug-likeness (QED) is 0.557. The molecule has 112 valence electrons. The fourth-order valence-electron chi connectivity index (χ4n) is 1.47. The zero-order valence-corrected chi connectivity index (χ0v) is 12.2. The molecule has 0 saturated heterocycles. The summed E-state index contributed by atoms with van der Waals surface area (Å²) >= 11 is 0. The van der Waals surface area contributed by atoms with E-state index >= 15 is 0 Å². The van der Waals surface area contributed by atoms with Gasteiger partial charge >= 0.3 is 12.0 Å². The Morgan fingerprint density at radius 3 is 2.37 bits per heavy atom. The monoisotopic (exact) mass is 274 g/mol. The van der Waals surface area contributed by atoms with Crippen molar-refractivity contribution in [1.29, 1.82) is 0 Å². The van der Waals surface area contributed by atoms with Gasteiger partial charge in [-0.1, -0.05) is 20.3 Å². The molecule has 0 rings (SSSR count). The van der Waals surface area contributed by atoms with E-state index in [9.17, 15) is 9.59 Å². The van der Waals surface area contributed by atoms with E-state index in [1.54, 1.807) is 6.92 Å². The molecule has 0 spiro atoms. The zero-order valence-electron chi connectivity index (χ0n) is 12.2. The normalized spacial score (nSPS) is 13.9. The van der Waals surface area contributed by atoms with Gasteiger partial charge in [0, 0.05) is 13.2 Å². The SMILES string of the molecule is CCC(C)[C@H](NC(=O)NCCCOC(C)C)C(=O)O. The number of nitrogens with one attached hydrogen (secondary N) is 2. The van der Waals surface area contributed by atoms with Crippen molar-refractivity contribution in [2.24, 2.45) is 5.92 Å². The molecule has 0 heterocycles. The highest BCUT2D eigenvalue weighted by Gasteiger charge is 2.24. The van der Waals surface area contributed by atoms with Crippen LogP contribution >= 0.6 is 0 Å². The molecule has 0 aliphatic heterocycles. The number of carboxylic acid groups (broad SMARTS) is 1. The molecular weight excluding hydrogens is 248 g/mol. The lowest BCUT2D eigenvalue weighted by molar-refractivity contribution is -0.140.